The highest BCUT2D eigenvalue weighted by atomic mass is 35.5. The van der Waals surface area contributed by atoms with Crippen molar-refractivity contribution in [3.05, 3.63) is 119 Å². The summed E-state index contributed by atoms with van der Waals surface area (Å²) >= 11 is 6.37. The lowest BCUT2D eigenvalue weighted by molar-refractivity contribution is 0.102. The van der Waals surface area contributed by atoms with Gasteiger partial charge in [0.05, 0.1) is 32.6 Å². The van der Waals surface area contributed by atoms with Gasteiger partial charge in [-0.15, -0.1) is 0 Å². The lowest BCUT2D eigenvalue weighted by atomic mass is 9.94. The molecular formula is C33H34ClN3O5S2. The first-order valence-corrected chi connectivity index (χ1v) is 17.5. The molecule has 44 heavy (non-hydrogen) atoms. The molecule has 0 bridgehead atoms. The number of anilines is 2. The summed E-state index contributed by atoms with van der Waals surface area (Å²) in [6.07, 6.45) is 0.985. The van der Waals surface area contributed by atoms with Gasteiger partial charge in [-0.3, -0.25) is 9.10 Å². The van der Waals surface area contributed by atoms with Gasteiger partial charge in [-0.1, -0.05) is 74.0 Å². The zero-order chi connectivity index (χ0) is 31.5. The van der Waals surface area contributed by atoms with Crippen molar-refractivity contribution >= 4 is 48.9 Å². The third-order valence-corrected chi connectivity index (χ3v) is 11.5. The summed E-state index contributed by atoms with van der Waals surface area (Å²) in [4.78, 5) is 13.4. The first kappa shape index (κ1) is 31.7. The van der Waals surface area contributed by atoms with Gasteiger partial charge in [-0.2, -0.15) is 4.31 Å². The normalized spacial score (nSPS) is 17.6. The van der Waals surface area contributed by atoms with Gasteiger partial charge in [-0.05, 0) is 78.4 Å². The Balaban J connectivity index is 1.38. The number of hydrogen-bond acceptors (Lipinski definition) is 5. The van der Waals surface area contributed by atoms with Crippen LogP contribution in [0.15, 0.2) is 113 Å². The molecule has 0 saturated carbocycles. The lowest BCUT2D eigenvalue weighted by Gasteiger charge is -2.34. The Kier molecular flexibility index (Phi) is 9.45. The van der Waals surface area contributed by atoms with Crippen LogP contribution in [-0.2, 0) is 26.6 Å². The third-order valence-electron chi connectivity index (χ3n) is 7.57. The molecule has 0 spiro atoms. The number of carbonyl (C=O) groups is 1. The Morgan fingerprint density at radius 3 is 2.00 bits per heavy atom. The van der Waals surface area contributed by atoms with Crippen LogP contribution < -0.4 is 9.62 Å². The molecular weight excluding hydrogens is 618 g/mol. The summed E-state index contributed by atoms with van der Waals surface area (Å²) in [6.45, 7) is 5.11. The van der Waals surface area contributed by atoms with Gasteiger partial charge >= 0.3 is 0 Å². The quantitative estimate of drug-likeness (QED) is 0.218. The number of rotatable bonds is 9. The van der Waals surface area contributed by atoms with Crippen molar-refractivity contribution < 1.29 is 21.6 Å². The number of halogens is 1. The number of hydrogen-bond donors (Lipinski definition) is 1. The fourth-order valence-corrected chi connectivity index (χ4v) is 8.85. The van der Waals surface area contributed by atoms with Gasteiger partial charge in [0.1, 0.15) is 0 Å². The Hall–Kier alpha value is -3.70. The molecule has 0 unspecified atom stereocenters. The first-order chi connectivity index (χ1) is 20.9. The minimum Gasteiger partial charge on any atom is -0.322 e. The number of nitrogens with one attached hydrogen (secondary N) is 1. The Bertz CT molecular complexity index is 1830. The van der Waals surface area contributed by atoms with Crippen LogP contribution in [0.4, 0.5) is 11.4 Å². The predicted octanol–water partition coefficient (Wildman–Crippen LogP) is 6.65. The largest absolute Gasteiger partial charge is 0.322 e. The number of piperidine rings is 1. The molecule has 4 aromatic carbocycles. The van der Waals surface area contributed by atoms with Crippen molar-refractivity contribution in [2.75, 3.05) is 22.7 Å². The summed E-state index contributed by atoms with van der Waals surface area (Å²) in [6, 6.07) is 27.9. The number of benzene rings is 4. The minimum atomic E-state index is -4.12. The van der Waals surface area contributed by atoms with Gasteiger partial charge < -0.3 is 5.32 Å². The minimum absolute atomic E-state index is 0.0338. The molecule has 1 heterocycles. The molecule has 0 aromatic heterocycles. The van der Waals surface area contributed by atoms with Crippen LogP contribution in [0.5, 0.6) is 0 Å². The molecule has 1 aliphatic rings. The second-order valence-electron chi connectivity index (χ2n) is 11.2. The van der Waals surface area contributed by atoms with Crippen molar-refractivity contribution in [3.63, 3.8) is 0 Å². The maximum Gasteiger partial charge on any atom is 0.264 e. The van der Waals surface area contributed by atoms with Gasteiger partial charge in [0, 0.05) is 18.8 Å². The molecule has 8 nitrogen and oxygen atoms in total. The summed E-state index contributed by atoms with van der Waals surface area (Å²) in [5.41, 5.74) is 1.57. The van der Waals surface area contributed by atoms with Crippen LogP contribution in [0.2, 0.25) is 5.02 Å². The van der Waals surface area contributed by atoms with E-state index in [2.05, 4.69) is 5.32 Å². The molecule has 4 aromatic rings. The van der Waals surface area contributed by atoms with Crippen molar-refractivity contribution in [1.29, 1.82) is 0 Å². The van der Waals surface area contributed by atoms with E-state index < -0.39 is 26.0 Å². The van der Waals surface area contributed by atoms with Crippen molar-refractivity contribution in [1.82, 2.24) is 4.31 Å². The molecule has 230 valence electrons. The molecule has 1 amide bonds. The number of amides is 1. The number of sulfonamides is 2. The maximum atomic E-state index is 14.0. The zero-order valence-corrected chi connectivity index (χ0v) is 26.8. The van der Waals surface area contributed by atoms with Gasteiger partial charge in [-0.25, -0.2) is 16.8 Å². The van der Waals surface area contributed by atoms with Gasteiger partial charge in [0.2, 0.25) is 10.0 Å². The monoisotopic (exact) mass is 651 g/mol. The Labute approximate surface area is 264 Å². The van der Waals surface area contributed by atoms with Crippen LogP contribution in [0.25, 0.3) is 0 Å². The fourth-order valence-electron chi connectivity index (χ4n) is 5.48. The number of nitrogens with zero attached hydrogens (tertiary/aromatic N) is 2. The predicted molar refractivity (Wildman–Crippen MR) is 174 cm³/mol. The van der Waals surface area contributed by atoms with E-state index in [4.69, 9.17) is 11.6 Å². The van der Waals surface area contributed by atoms with E-state index in [1.54, 1.807) is 30.3 Å². The smallest absolute Gasteiger partial charge is 0.264 e. The SMILES string of the molecule is C[C@@H]1C[C@H](C)CN(S(=O)(=O)c2ccc(NC(=O)c3cc(S(=O)(=O)N(Cc4ccccc4)c4ccccc4)ccc3Cl)cc2)C1. The zero-order valence-electron chi connectivity index (χ0n) is 24.4. The van der Waals surface area contributed by atoms with Crippen LogP contribution in [0, 0.1) is 11.8 Å². The Morgan fingerprint density at radius 2 is 1.39 bits per heavy atom. The Morgan fingerprint density at radius 1 is 0.818 bits per heavy atom. The highest BCUT2D eigenvalue weighted by Crippen LogP contribution is 2.30. The molecule has 5 rings (SSSR count). The summed E-state index contributed by atoms with van der Waals surface area (Å²) in [5.74, 6) is -0.0836. The molecule has 1 N–H and O–H groups in total. The molecule has 1 fully saturated rings. The maximum absolute atomic E-state index is 14.0. The second kappa shape index (κ2) is 13.1. The highest BCUT2D eigenvalue weighted by Gasteiger charge is 2.32. The van der Waals surface area contributed by atoms with Crippen LogP contribution in [0.3, 0.4) is 0 Å². The number of para-hydroxylation sites is 1. The molecule has 0 radical (unpaired) electrons. The van der Waals surface area contributed by atoms with E-state index in [0.717, 1.165) is 12.0 Å². The van der Waals surface area contributed by atoms with E-state index in [-0.39, 0.29) is 38.8 Å². The van der Waals surface area contributed by atoms with E-state index in [1.165, 1.54) is 51.1 Å². The average molecular weight is 652 g/mol. The molecule has 1 aliphatic heterocycles. The van der Waals surface area contributed by atoms with Crippen LogP contribution >= 0.6 is 11.6 Å². The standard InChI is InChI=1S/C33H34ClN3O5S2/c1-24-19-25(2)22-36(21-24)43(39,40)29-15-13-27(14-16-29)35-33(38)31-20-30(17-18-32(31)34)44(41,42)37(28-11-7-4-8-12-28)23-26-9-5-3-6-10-26/h3-18,20,24-25H,19,21-23H2,1-2H3,(H,35,38)/t24-,25+. The topological polar surface area (TPSA) is 104 Å². The molecule has 11 heteroatoms. The van der Waals surface area contributed by atoms with Crippen molar-refractivity contribution in [2.45, 2.75) is 36.6 Å². The van der Waals surface area contributed by atoms with Gasteiger partial charge in [0.25, 0.3) is 15.9 Å². The first-order valence-electron chi connectivity index (χ1n) is 14.3. The summed E-state index contributed by atoms with van der Waals surface area (Å²) in [5, 5.41) is 2.78. The summed E-state index contributed by atoms with van der Waals surface area (Å²) in [7, 11) is -7.79. The van der Waals surface area contributed by atoms with Crippen LogP contribution in [-0.4, -0.2) is 40.1 Å². The van der Waals surface area contributed by atoms with Gasteiger partial charge in [0.15, 0.2) is 0 Å². The van der Waals surface area contributed by atoms with Crippen molar-refractivity contribution in [3.8, 4) is 0 Å². The molecule has 0 aliphatic carbocycles. The summed E-state index contributed by atoms with van der Waals surface area (Å²) < 4.78 is 57.2. The van der Waals surface area contributed by atoms with E-state index in [9.17, 15) is 21.6 Å². The van der Waals surface area contributed by atoms with Crippen LogP contribution in [0.1, 0.15) is 36.2 Å². The van der Waals surface area contributed by atoms with E-state index in [0.29, 0.717) is 24.5 Å². The molecule has 1 saturated heterocycles. The third kappa shape index (κ3) is 6.99. The lowest BCUT2D eigenvalue weighted by Crippen LogP contribution is -2.42. The number of carbonyl (C=O) groups excluding carboxylic acids is 1. The fraction of sp³-hybridized carbons (Fsp3) is 0.242. The van der Waals surface area contributed by atoms with E-state index >= 15 is 0 Å². The highest BCUT2D eigenvalue weighted by molar-refractivity contribution is 7.92. The molecule has 2 atom stereocenters. The van der Waals surface area contributed by atoms with Crippen molar-refractivity contribution in [2.24, 2.45) is 11.8 Å². The van der Waals surface area contributed by atoms with E-state index in [1.807, 2.05) is 44.2 Å². The second-order valence-corrected chi connectivity index (χ2v) is 15.4. The average Bonchev–Trinajstić information content (AvgIpc) is 3.00.